The van der Waals surface area contributed by atoms with Gasteiger partial charge in [0.05, 0.1) is 12.1 Å². The fourth-order valence-corrected chi connectivity index (χ4v) is 3.46. The molecule has 3 heteroatoms. The molecule has 0 N–H and O–H groups in total. The maximum Gasteiger partial charge on any atom is 0.410 e. The third-order valence-electron chi connectivity index (χ3n) is 4.37. The van der Waals surface area contributed by atoms with Gasteiger partial charge in [0.25, 0.3) is 0 Å². The first-order valence-electron chi connectivity index (χ1n) is 7.84. The molecule has 0 unspecified atom stereocenters. The zero-order valence-corrected chi connectivity index (χ0v) is 12.9. The van der Waals surface area contributed by atoms with E-state index in [-0.39, 0.29) is 6.09 Å². The van der Waals surface area contributed by atoms with Crippen LogP contribution in [0.5, 0.6) is 0 Å². The van der Waals surface area contributed by atoms with Gasteiger partial charge in [-0.25, -0.2) is 4.79 Å². The number of nitrogens with zero attached hydrogens (tertiary/aromatic N) is 1. The second-order valence-corrected chi connectivity index (χ2v) is 5.55. The Bertz CT molecular complexity index is 585. The van der Waals surface area contributed by atoms with Crippen molar-refractivity contribution in [2.45, 2.75) is 25.3 Å². The van der Waals surface area contributed by atoms with Crippen molar-refractivity contribution >= 4 is 6.09 Å². The van der Waals surface area contributed by atoms with Crippen molar-refractivity contribution in [3.63, 3.8) is 0 Å². The molecule has 1 amide bonds. The summed E-state index contributed by atoms with van der Waals surface area (Å²) in [5.41, 5.74) is 1.87. The van der Waals surface area contributed by atoms with Gasteiger partial charge in [-0.15, -0.1) is 0 Å². The van der Waals surface area contributed by atoms with E-state index in [1.807, 2.05) is 48.2 Å². The molecule has 3 rings (SSSR count). The summed E-state index contributed by atoms with van der Waals surface area (Å²) in [4.78, 5) is 14.4. The van der Waals surface area contributed by atoms with E-state index in [4.69, 9.17) is 4.74 Å². The van der Waals surface area contributed by atoms with E-state index in [1.165, 1.54) is 0 Å². The number of amides is 1. The molecular formula is C19H21NO2. The van der Waals surface area contributed by atoms with Gasteiger partial charge in [-0.1, -0.05) is 60.7 Å². The van der Waals surface area contributed by atoms with Crippen LogP contribution < -0.4 is 0 Å². The van der Waals surface area contributed by atoms with Crippen LogP contribution in [0, 0.1) is 0 Å². The number of likely N-dealkylation sites (tertiary alicyclic amines) is 1. The molecule has 2 aromatic rings. The van der Waals surface area contributed by atoms with E-state index in [0.29, 0.717) is 6.61 Å². The number of benzene rings is 2. The van der Waals surface area contributed by atoms with Gasteiger partial charge >= 0.3 is 6.09 Å². The van der Waals surface area contributed by atoms with Crippen LogP contribution in [-0.2, 0) is 10.3 Å². The fourth-order valence-electron chi connectivity index (χ4n) is 3.46. The van der Waals surface area contributed by atoms with Crippen LogP contribution in [0.25, 0.3) is 0 Å². The highest BCUT2D eigenvalue weighted by Crippen LogP contribution is 2.44. The van der Waals surface area contributed by atoms with E-state index in [1.54, 1.807) is 0 Å². The minimum absolute atomic E-state index is 0.229. The van der Waals surface area contributed by atoms with Gasteiger partial charge in [0, 0.05) is 6.54 Å². The Morgan fingerprint density at radius 2 is 1.59 bits per heavy atom. The molecular weight excluding hydrogens is 274 g/mol. The van der Waals surface area contributed by atoms with Crippen molar-refractivity contribution in [3.8, 4) is 0 Å². The van der Waals surface area contributed by atoms with Crippen molar-refractivity contribution in [3.05, 3.63) is 71.8 Å². The minimum Gasteiger partial charge on any atom is -0.450 e. The Morgan fingerprint density at radius 3 is 2.09 bits per heavy atom. The lowest BCUT2D eigenvalue weighted by Crippen LogP contribution is -2.46. The standard InChI is InChI=1S/C19H21NO2/c1-2-22-18(21)20-15-9-14-19(20,16-10-5-3-6-11-16)17-12-7-4-8-13-17/h3-8,10-13H,2,9,14-15H2,1H3. The van der Waals surface area contributed by atoms with Crippen LogP contribution in [0.4, 0.5) is 4.79 Å². The number of ether oxygens (including phenoxy) is 1. The molecule has 0 saturated carbocycles. The zero-order valence-electron chi connectivity index (χ0n) is 12.9. The number of rotatable bonds is 3. The fraction of sp³-hybridized carbons (Fsp3) is 0.316. The molecule has 114 valence electrons. The van der Waals surface area contributed by atoms with Crippen LogP contribution in [0.15, 0.2) is 60.7 Å². The molecule has 1 fully saturated rings. The monoisotopic (exact) mass is 295 g/mol. The summed E-state index contributed by atoms with van der Waals surface area (Å²) in [6.45, 7) is 2.97. The van der Waals surface area contributed by atoms with E-state index < -0.39 is 5.54 Å². The number of carbonyl (C=O) groups is 1. The Morgan fingerprint density at radius 1 is 1.05 bits per heavy atom. The van der Waals surface area contributed by atoms with Gasteiger partial charge in [0.2, 0.25) is 0 Å². The molecule has 0 aromatic heterocycles. The van der Waals surface area contributed by atoms with Crippen molar-refractivity contribution in [2.24, 2.45) is 0 Å². The smallest absolute Gasteiger partial charge is 0.410 e. The summed E-state index contributed by atoms with van der Waals surface area (Å²) < 4.78 is 5.31. The van der Waals surface area contributed by atoms with Gasteiger partial charge in [-0.3, -0.25) is 4.90 Å². The molecule has 1 aliphatic heterocycles. The SMILES string of the molecule is CCOC(=O)N1CCCC1(c1ccccc1)c1ccccc1. The van der Waals surface area contributed by atoms with Crippen LogP contribution in [0.1, 0.15) is 30.9 Å². The number of carbonyl (C=O) groups excluding carboxylic acids is 1. The lowest BCUT2D eigenvalue weighted by Gasteiger charge is -2.39. The molecule has 1 saturated heterocycles. The molecule has 1 heterocycles. The zero-order chi connectivity index (χ0) is 15.4. The molecule has 0 spiro atoms. The van der Waals surface area contributed by atoms with Crippen molar-refractivity contribution in [2.75, 3.05) is 13.2 Å². The third-order valence-corrected chi connectivity index (χ3v) is 4.37. The van der Waals surface area contributed by atoms with Crippen LogP contribution in [0.3, 0.4) is 0 Å². The topological polar surface area (TPSA) is 29.5 Å². The third kappa shape index (κ3) is 2.37. The first-order chi connectivity index (χ1) is 10.8. The summed E-state index contributed by atoms with van der Waals surface area (Å²) in [6.07, 6.45) is 1.66. The van der Waals surface area contributed by atoms with E-state index in [9.17, 15) is 4.79 Å². The predicted molar refractivity (Wildman–Crippen MR) is 86.6 cm³/mol. The number of hydrogen-bond acceptors (Lipinski definition) is 2. The van der Waals surface area contributed by atoms with E-state index >= 15 is 0 Å². The Balaban J connectivity index is 2.13. The normalized spacial score (nSPS) is 16.5. The second kappa shape index (κ2) is 6.22. The molecule has 2 aromatic carbocycles. The highest BCUT2D eigenvalue weighted by Gasteiger charge is 2.46. The quantitative estimate of drug-likeness (QED) is 0.850. The Labute approximate surface area is 131 Å². The molecule has 0 bridgehead atoms. The largest absolute Gasteiger partial charge is 0.450 e. The summed E-state index contributed by atoms with van der Waals surface area (Å²) in [5, 5.41) is 0. The van der Waals surface area contributed by atoms with Crippen molar-refractivity contribution in [1.29, 1.82) is 0 Å². The predicted octanol–water partition coefficient (Wildman–Crippen LogP) is 4.18. The minimum atomic E-state index is -0.422. The second-order valence-electron chi connectivity index (χ2n) is 5.55. The van der Waals surface area contributed by atoms with Crippen molar-refractivity contribution in [1.82, 2.24) is 4.90 Å². The average Bonchev–Trinajstić information content (AvgIpc) is 3.03. The maximum atomic E-state index is 12.5. The van der Waals surface area contributed by atoms with Gasteiger partial charge in [0.1, 0.15) is 0 Å². The first kappa shape index (κ1) is 14.6. The average molecular weight is 295 g/mol. The molecule has 1 aliphatic rings. The highest BCUT2D eigenvalue weighted by molar-refractivity contribution is 5.71. The molecule has 22 heavy (non-hydrogen) atoms. The molecule has 0 radical (unpaired) electrons. The molecule has 0 atom stereocenters. The Hall–Kier alpha value is -2.29. The van der Waals surface area contributed by atoms with Gasteiger partial charge < -0.3 is 4.74 Å². The van der Waals surface area contributed by atoms with Crippen LogP contribution >= 0.6 is 0 Å². The first-order valence-corrected chi connectivity index (χ1v) is 7.84. The van der Waals surface area contributed by atoms with E-state index in [2.05, 4.69) is 24.3 Å². The van der Waals surface area contributed by atoms with Crippen LogP contribution in [-0.4, -0.2) is 24.1 Å². The molecule has 0 aliphatic carbocycles. The summed E-state index contributed by atoms with van der Waals surface area (Å²) >= 11 is 0. The summed E-state index contributed by atoms with van der Waals surface area (Å²) in [7, 11) is 0. The van der Waals surface area contributed by atoms with Gasteiger partial charge in [-0.05, 0) is 30.9 Å². The summed E-state index contributed by atoms with van der Waals surface area (Å²) in [5.74, 6) is 0. The lowest BCUT2D eigenvalue weighted by atomic mass is 9.80. The van der Waals surface area contributed by atoms with Gasteiger partial charge in [-0.2, -0.15) is 0 Å². The molecule has 3 nitrogen and oxygen atoms in total. The lowest BCUT2D eigenvalue weighted by molar-refractivity contribution is 0.0846. The van der Waals surface area contributed by atoms with Gasteiger partial charge in [0.15, 0.2) is 0 Å². The number of hydrogen-bond donors (Lipinski definition) is 0. The maximum absolute atomic E-state index is 12.5. The van der Waals surface area contributed by atoms with Crippen LogP contribution in [0.2, 0.25) is 0 Å². The van der Waals surface area contributed by atoms with E-state index in [0.717, 1.165) is 30.5 Å². The highest BCUT2D eigenvalue weighted by atomic mass is 16.6. The Kier molecular flexibility index (Phi) is 4.14. The van der Waals surface area contributed by atoms with Crippen molar-refractivity contribution < 1.29 is 9.53 Å². The summed E-state index contributed by atoms with van der Waals surface area (Å²) in [6, 6.07) is 20.5.